The van der Waals surface area contributed by atoms with Gasteiger partial charge in [-0.1, -0.05) is 279 Å². The minimum atomic E-state index is -0.785. The lowest BCUT2D eigenvalue weighted by molar-refractivity contribution is -0.167. The number of rotatable bonds is 58. The van der Waals surface area contributed by atoms with Gasteiger partial charge in [0.25, 0.3) is 0 Å². The van der Waals surface area contributed by atoms with Gasteiger partial charge < -0.3 is 14.2 Å². The van der Waals surface area contributed by atoms with Gasteiger partial charge in [0.05, 0.1) is 0 Å². The number of hydrogen-bond acceptors (Lipinski definition) is 6. The first kappa shape index (κ1) is 72.3. The first-order valence-corrected chi connectivity index (χ1v) is 32.2. The third-order valence-corrected chi connectivity index (χ3v) is 13.8. The number of esters is 3. The Morgan fingerprint density at radius 1 is 0.276 bits per heavy atom. The summed E-state index contributed by atoms with van der Waals surface area (Å²) in [6.07, 6.45) is 85.8. The highest BCUT2D eigenvalue weighted by atomic mass is 16.6. The lowest BCUT2D eigenvalue weighted by Crippen LogP contribution is -2.30. The molecule has 0 aliphatic heterocycles. The molecule has 0 aromatic rings. The van der Waals surface area contributed by atoms with Crippen molar-refractivity contribution in [3.05, 3.63) is 97.2 Å². The lowest BCUT2D eigenvalue weighted by atomic mass is 10.0. The molecular formula is C70H120O6. The van der Waals surface area contributed by atoms with Crippen LogP contribution >= 0.6 is 0 Å². The van der Waals surface area contributed by atoms with Gasteiger partial charge in [-0.15, -0.1) is 0 Å². The van der Waals surface area contributed by atoms with E-state index in [2.05, 4.69) is 118 Å². The van der Waals surface area contributed by atoms with Gasteiger partial charge in [-0.3, -0.25) is 14.4 Å². The van der Waals surface area contributed by atoms with Crippen LogP contribution in [0.1, 0.15) is 310 Å². The zero-order chi connectivity index (χ0) is 55.0. The molecule has 1 unspecified atom stereocenters. The molecule has 76 heavy (non-hydrogen) atoms. The first-order valence-electron chi connectivity index (χ1n) is 32.2. The summed E-state index contributed by atoms with van der Waals surface area (Å²) in [6, 6.07) is 0. The van der Waals surface area contributed by atoms with Gasteiger partial charge in [-0.05, 0) is 109 Å². The standard InChI is InChI=1S/C70H120O6/c1-4-7-10-13-16-19-22-24-26-28-29-30-31-32-33-34-35-36-37-38-39-40-41-43-44-46-48-51-54-57-60-63-69(72)75-66-67(65-74-68(71)62-59-56-53-50-21-18-15-12-9-6-3)76-70(73)64-61-58-55-52-49-47-45-42-27-25-23-20-17-14-11-8-5-2/h7-8,10-12,15-17,19-20,24-27,29-30,67H,4-6,9,13-14,18,21-23,28,31-66H2,1-3H3/b10-7-,11-8-,15-12-,19-16-,20-17-,26-24-,27-25-,30-29-. The van der Waals surface area contributed by atoms with Gasteiger partial charge in [0.15, 0.2) is 6.10 Å². The molecule has 0 aliphatic carbocycles. The monoisotopic (exact) mass is 1060 g/mol. The lowest BCUT2D eigenvalue weighted by Gasteiger charge is -2.18. The Balaban J connectivity index is 4.13. The number of hydrogen-bond donors (Lipinski definition) is 0. The molecule has 0 aromatic carbocycles. The quantitative estimate of drug-likeness (QED) is 0.0261. The van der Waals surface area contributed by atoms with Crippen LogP contribution in [-0.4, -0.2) is 37.2 Å². The third kappa shape index (κ3) is 61.2. The number of carbonyl (C=O) groups is 3. The Morgan fingerprint density at radius 2 is 0.513 bits per heavy atom. The fourth-order valence-electron chi connectivity index (χ4n) is 9.04. The van der Waals surface area contributed by atoms with Gasteiger partial charge in [0.2, 0.25) is 0 Å². The molecule has 0 aliphatic rings. The third-order valence-electron chi connectivity index (χ3n) is 13.8. The van der Waals surface area contributed by atoms with Gasteiger partial charge >= 0.3 is 17.9 Å². The number of allylic oxidation sites excluding steroid dienone is 16. The zero-order valence-corrected chi connectivity index (χ0v) is 50.0. The normalized spacial score (nSPS) is 12.7. The molecule has 0 radical (unpaired) electrons. The Labute approximate surface area is 470 Å². The predicted molar refractivity (Wildman–Crippen MR) is 330 cm³/mol. The van der Waals surface area contributed by atoms with Crippen molar-refractivity contribution >= 4 is 17.9 Å². The molecule has 0 amide bonds. The van der Waals surface area contributed by atoms with Crippen molar-refractivity contribution in [2.75, 3.05) is 13.2 Å². The van der Waals surface area contributed by atoms with Crippen LogP contribution in [0.3, 0.4) is 0 Å². The number of carbonyl (C=O) groups excluding carboxylic acids is 3. The molecule has 0 aromatic heterocycles. The summed E-state index contributed by atoms with van der Waals surface area (Å²) < 4.78 is 16.9. The van der Waals surface area contributed by atoms with E-state index in [0.717, 1.165) is 122 Å². The fourth-order valence-corrected chi connectivity index (χ4v) is 9.04. The summed E-state index contributed by atoms with van der Waals surface area (Å²) in [6.45, 7) is 6.36. The van der Waals surface area contributed by atoms with Crippen molar-refractivity contribution < 1.29 is 28.6 Å². The van der Waals surface area contributed by atoms with Gasteiger partial charge in [0, 0.05) is 19.3 Å². The SMILES string of the molecule is CC/C=C\C/C=C\C/C=C\C/C=C\CCCCCCCCCCCCCCCCCCCCC(=O)OCC(COC(=O)CCCCCCC/C=C\CCC)OC(=O)CCCCCCCCC/C=C\C/C=C\C/C=C\CC. The predicted octanol–water partition coefficient (Wildman–Crippen LogP) is 22.0. The molecule has 6 nitrogen and oxygen atoms in total. The molecule has 1 atom stereocenters. The van der Waals surface area contributed by atoms with Crippen LogP contribution in [0.25, 0.3) is 0 Å². The van der Waals surface area contributed by atoms with E-state index in [4.69, 9.17) is 14.2 Å². The van der Waals surface area contributed by atoms with Crippen LogP contribution in [0.2, 0.25) is 0 Å². The molecule has 0 N–H and O–H groups in total. The van der Waals surface area contributed by atoms with Crippen molar-refractivity contribution in [2.45, 2.75) is 316 Å². The summed E-state index contributed by atoms with van der Waals surface area (Å²) in [4.78, 5) is 38.2. The Hall–Kier alpha value is -3.67. The van der Waals surface area contributed by atoms with Crippen LogP contribution in [0.4, 0.5) is 0 Å². The van der Waals surface area contributed by atoms with Crippen LogP contribution in [-0.2, 0) is 28.6 Å². The van der Waals surface area contributed by atoms with Crippen molar-refractivity contribution in [3.8, 4) is 0 Å². The average molecular weight is 1060 g/mol. The maximum atomic E-state index is 12.9. The minimum absolute atomic E-state index is 0.0816. The number of ether oxygens (including phenoxy) is 3. The van der Waals surface area contributed by atoms with Gasteiger partial charge in [0.1, 0.15) is 13.2 Å². The smallest absolute Gasteiger partial charge is 0.306 e. The molecule has 0 rings (SSSR count). The molecular weight excluding hydrogens is 937 g/mol. The van der Waals surface area contributed by atoms with Crippen molar-refractivity contribution in [1.29, 1.82) is 0 Å². The average Bonchev–Trinajstić information content (AvgIpc) is 3.42. The Bertz CT molecular complexity index is 1490. The van der Waals surface area contributed by atoms with Crippen molar-refractivity contribution in [2.24, 2.45) is 0 Å². The summed E-state index contributed by atoms with van der Waals surface area (Å²) in [5.74, 6) is -0.893. The minimum Gasteiger partial charge on any atom is -0.462 e. The topological polar surface area (TPSA) is 78.9 Å². The summed E-state index contributed by atoms with van der Waals surface area (Å²) in [5.41, 5.74) is 0. The van der Waals surface area contributed by atoms with Gasteiger partial charge in [-0.2, -0.15) is 0 Å². The second-order valence-electron chi connectivity index (χ2n) is 21.3. The van der Waals surface area contributed by atoms with E-state index in [-0.39, 0.29) is 31.1 Å². The summed E-state index contributed by atoms with van der Waals surface area (Å²) in [7, 11) is 0. The fraction of sp³-hybridized carbons (Fsp3) is 0.729. The Kier molecular flexibility index (Phi) is 60.8. The zero-order valence-electron chi connectivity index (χ0n) is 50.0. The largest absolute Gasteiger partial charge is 0.462 e. The van der Waals surface area contributed by atoms with Crippen LogP contribution < -0.4 is 0 Å². The highest BCUT2D eigenvalue weighted by molar-refractivity contribution is 5.71. The second-order valence-corrected chi connectivity index (χ2v) is 21.3. The molecule has 0 fully saturated rings. The van der Waals surface area contributed by atoms with E-state index < -0.39 is 6.10 Å². The first-order chi connectivity index (χ1) is 37.5. The Morgan fingerprint density at radius 3 is 0.816 bits per heavy atom. The van der Waals surface area contributed by atoms with E-state index in [9.17, 15) is 14.4 Å². The second kappa shape index (κ2) is 63.9. The maximum absolute atomic E-state index is 12.9. The van der Waals surface area contributed by atoms with Crippen molar-refractivity contribution in [1.82, 2.24) is 0 Å². The van der Waals surface area contributed by atoms with E-state index in [0.29, 0.717) is 19.3 Å². The van der Waals surface area contributed by atoms with Crippen LogP contribution in [0.15, 0.2) is 97.2 Å². The van der Waals surface area contributed by atoms with Crippen LogP contribution in [0, 0.1) is 0 Å². The summed E-state index contributed by atoms with van der Waals surface area (Å²) in [5, 5.41) is 0. The maximum Gasteiger partial charge on any atom is 0.306 e. The van der Waals surface area contributed by atoms with Gasteiger partial charge in [-0.25, -0.2) is 0 Å². The number of unbranched alkanes of at least 4 members (excludes halogenated alkanes) is 31. The molecule has 0 heterocycles. The van der Waals surface area contributed by atoms with Crippen LogP contribution in [0.5, 0.6) is 0 Å². The highest BCUT2D eigenvalue weighted by Crippen LogP contribution is 2.17. The molecule has 0 spiro atoms. The highest BCUT2D eigenvalue weighted by Gasteiger charge is 2.19. The molecule has 0 bridgehead atoms. The van der Waals surface area contributed by atoms with E-state index in [1.54, 1.807) is 0 Å². The van der Waals surface area contributed by atoms with Crippen molar-refractivity contribution in [3.63, 3.8) is 0 Å². The molecule has 6 heteroatoms. The van der Waals surface area contributed by atoms with E-state index in [1.165, 1.54) is 148 Å². The van der Waals surface area contributed by atoms with E-state index in [1.807, 2.05) is 0 Å². The molecule has 436 valence electrons. The molecule has 0 saturated carbocycles. The molecule has 0 saturated heterocycles. The van der Waals surface area contributed by atoms with E-state index >= 15 is 0 Å². The summed E-state index contributed by atoms with van der Waals surface area (Å²) >= 11 is 0.